The molecular weight excluding hydrogens is 654 g/mol. The number of carbonyl (C=O) groups is 3. The highest BCUT2D eigenvalue weighted by molar-refractivity contribution is 5.98. The molecule has 6 rings (SSSR count). The summed E-state index contributed by atoms with van der Waals surface area (Å²) in [5.41, 5.74) is 11.7. The number of hydrogen-bond donors (Lipinski definition) is 5. The number of anilines is 1. The third kappa shape index (κ3) is 9.29. The quantitative estimate of drug-likeness (QED) is 0.139. The molecule has 12 nitrogen and oxygen atoms in total. The number of hydrogen-bond acceptors (Lipinski definition) is 8. The number of piperidine rings is 1. The van der Waals surface area contributed by atoms with Gasteiger partial charge >= 0.3 is 0 Å². The first kappa shape index (κ1) is 36.8. The normalized spacial score (nSPS) is 18.9. The molecule has 0 bridgehead atoms. The van der Waals surface area contributed by atoms with Crippen molar-refractivity contribution < 1.29 is 14.4 Å². The fourth-order valence-corrected chi connectivity index (χ4v) is 7.38. The van der Waals surface area contributed by atoms with Gasteiger partial charge in [-0.25, -0.2) is 0 Å². The Morgan fingerprint density at radius 2 is 1.67 bits per heavy atom. The lowest BCUT2D eigenvalue weighted by Gasteiger charge is -2.34. The zero-order valence-corrected chi connectivity index (χ0v) is 30.4. The van der Waals surface area contributed by atoms with Crippen molar-refractivity contribution in [2.24, 2.45) is 17.6 Å². The second-order valence-corrected chi connectivity index (χ2v) is 14.6. The number of nitrogens with one attached hydrogen (secondary N) is 4. The topological polar surface area (TPSA) is 171 Å². The summed E-state index contributed by atoms with van der Waals surface area (Å²) in [6.45, 7) is 9.06. The molecular formula is C40H51N9O3. The smallest absolute Gasteiger partial charge is 0.251 e. The number of nitrogens with zero attached hydrogens (tertiary/aromatic N) is 4. The van der Waals surface area contributed by atoms with Crippen molar-refractivity contribution >= 4 is 23.4 Å². The number of aryl methyl sites for hydroxylation is 1. The molecule has 2 heterocycles. The van der Waals surface area contributed by atoms with E-state index in [-0.39, 0.29) is 29.7 Å². The van der Waals surface area contributed by atoms with Crippen LogP contribution in [0.15, 0.2) is 66.7 Å². The Hall–Kier alpha value is -4.94. The van der Waals surface area contributed by atoms with Crippen LogP contribution in [0.2, 0.25) is 0 Å². The molecule has 1 saturated carbocycles. The zero-order chi connectivity index (χ0) is 36.6. The highest BCUT2D eigenvalue weighted by Gasteiger charge is 2.30. The van der Waals surface area contributed by atoms with Crippen LogP contribution < -0.4 is 21.7 Å². The Morgan fingerprint density at radius 1 is 0.923 bits per heavy atom. The van der Waals surface area contributed by atoms with Crippen LogP contribution >= 0.6 is 0 Å². The average Bonchev–Trinajstić information content (AvgIpc) is 3.71. The number of carbonyl (C=O) groups excluding carboxylic acids is 3. The van der Waals surface area contributed by atoms with Crippen LogP contribution in [0.4, 0.5) is 5.69 Å². The third-order valence-corrected chi connectivity index (χ3v) is 10.7. The Bertz CT molecular complexity index is 1810. The Balaban J connectivity index is 1.18. The van der Waals surface area contributed by atoms with Crippen LogP contribution in [0.5, 0.6) is 0 Å². The van der Waals surface area contributed by atoms with Crippen molar-refractivity contribution in [1.82, 2.24) is 36.2 Å². The Labute approximate surface area is 305 Å². The molecule has 2 fully saturated rings. The first-order valence-corrected chi connectivity index (χ1v) is 18.6. The monoisotopic (exact) mass is 705 g/mol. The van der Waals surface area contributed by atoms with Crippen LogP contribution in [0.3, 0.4) is 0 Å². The summed E-state index contributed by atoms with van der Waals surface area (Å²) in [5, 5.41) is 23.4. The van der Waals surface area contributed by atoms with Gasteiger partial charge in [0.05, 0.1) is 0 Å². The summed E-state index contributed by atoms with van der Waals surface area (Å²) in [7, 11) is 0. The number of H-pyrrole nitrogens is 1. The predicted molar refractivity (Wildman–Crippen MR) is 202 cm³/mol. The molecule has 3 aromatic carbocycles. The number of tetrazole rings is 1. The molecule has 1 aliphatic heterocycles. The van der Waals surface area contributed by atoms with Gasteiger partial charge in [0, 0.05) is 54.3 Å². The summed E-state index contributed by atoms with van der Waals surface area (Å²) >= 11 is 0. The summed E-state index contributed by atoms with van der Waals surface area (Å²) < 4.78 is 0. The van der Waals surface area contributed by atoms with Gasteiger partial charge < -0.3 is 26.6 Å². The first-order valence-electron chi connectivity index (χ1n) is 18.6. The molecule has 0 spiro atoms. The number of likely N-dealkylation sites (tertiary alicyclic amines) is 1. The molecule has 3 amide bonds. The lowest BCUT2D eigenvalue weighted by molar-refractivity contribution is -0.130. The van der Waals surface area contributed by atoms with Gasteiger partial charge in [-0.15, -0.1) is 10.2 Å². The Morgan fingerprint density at radius 3 is 2.35 bits per heavy atom. The molecule has 52 heavy (non-hydrogen) atoms. The molecule has 4 aromatic rings. The van der Waals surface area contributed by atoms with Crippen LogP contribution in [-0.2, 0) is 16.0 Å². The van der Waals surface area contributed by atoms with Gasteiger partial charge in [0.2, 0.25) is 17.6 Å². The fraction of sp³-hybridized carbons (Fsp3) is 0.450. The molecule has 12 heteroatoms. The fourth-order valence-electron chi connectivity index (χ4n) is 7.38. The van der Waals surface area contributed by atoms with E-state index in [0.717, 1.165) is 79.4 Å². The zero-order valence-electron chi connectivity index (χ0n) is 30.4. The van der Waals surface area contributed by atoms with E-state index in [1.165, 1.54) is 0 Å². The van der Waals surface area contributed by atoms with Crippen LogP contribution in [0, 0.1) is 18.8 Å². The van der Waals surface area contributed by atoms with E-state index in [9.17, 15) is 14.4 Å². The largest absolute Gasteiger partial charge is 0.349 e. The number of rotatable bonds is 12. The second-order valence-electron chi connectivity index (χ2n) is 14.6. The minimum atomic E-state index is -0.814. The van der Waals surface area contributed by atoms with Crippen molar-refractivity contribution in [3.05, 3.63) is 83.4 Å². The minimum Gasteiger partial charge on any atom is -0.349 e. The minimum absolute atomic E-state index is 0.0658. The molecule has 1 atom stereocenters. The van der Waals surface area contributed by atoms with Crippen molar-refractivity contribution in [3.63, 3.8) is 0 Å². The van der Waals surface area contributed by atoms with E-state index in [2.05, 4.69) is 61.4 Å². The predicted octanol–water partition coefficient (Wildman–Crippen LogP) is 4.88. The van der Waals surface area contributed by atoms with Crippen molar-refractivity contribution in [2.45, 2.75) is 83.8 Å². The number of aromatic nitrogens is 4. The maximum absolute atomic E-state index is 13.9. The van der Waals surface area contributed by atoms with Gasteiger partial charge in [0.25, 0.3) is 5.91 Å². The lowest BCUT2D eigenvalue weighted by atomic mass is 9.81. The highest BCUT2D eigenvalue weighted by atomic mass is 16.2. The number of nitrogens with two attached hydrogens (primary N) is 1. The van der Waals surface area contributed by atoms with E-state index >= 15 is 0 Å². The molecule has 1 saturated heterocycles. The Kier molecular flexibility index (Phi) is 12.1. The third-order valence-electron chi connectivity index (χ3n) is 10.7. The summed E-state index contributed by atoms with van der Waals surface area (Å²) in [6, 6.07) is 20.8. The summed E-state index contributed by atoms with van der Waals surface area (Å²) in [4.78, 5) is 43.2. The number of benzene rings is 3. The molecule has 1 aromatic heterocycles. The lowest BCUT2D eigenvalue weighted by Crippen LogP contribution is -2.48. The molecule has 0 radical (unpaired) electrons. The maximum Gasteiger partial charge on any atom is 0.251 e. The second kappa shape index (κ2) is 17.1. The standard InChI is InChI=1S/C40H51N9O3/c1-25(2)49-19-17-34(18-20-49)42-39(51)32-6-4-5-31(23-32)35-21-28(8-7-26(35)3)22-36(44-38(50)30-11-9-27(24-41)10-12-30)40(52)43-33-15-13-29(14-16-33)37-45-47-48-46-37/h4-8,13-16,21,23,25,27,30,34,36H,9-12,17-20,22,24,41H2,1-3H3,(H,42,51)(H,43,52)(H,44,50)(H,45,46,47,48)/t27?,30?,36-/m0/s1. The summed E-state index contributed by atoms with van der Waals surface area (Å²) in [5.74, 6) is 0.259. The van der Waals surface area contributed by atoms with Gasteiger partial charge in [-0.2, -0.15) is 5.21 Å². The molecule has 1 aliphatic carbocycles. The first-order chi connectivity index (χ1) is 25.2. The molecule has 2 aliphatic rings. The van der Waals surface area contributed by atoms with Crippen LogP contribution in [0.1, 0.15) is 73.9 Å². The highest BCUT2D eigenvalue weighted by Crippen LogP contribution is 2.30. The summed E-state index contributed by atoms with van der Waals surface area (Å²) in [6.07, 6.45) is 5.51. The van der Waals surface area contributed by atoms with Crippen molar-refractivity contribution in [3.8, 4) is 22.5 Å². The average molecular weight is 706 g/mol. The van der Waals surface area contributed by atoms with Gasteiger partial charge in [-0.3, -0.25) is 14.4 Å². The molecule has 6 N–H and O–H groups in total. The van der Waals surface area contributed by atoms with Gasteiger partial charge in [-0.05, 0) is 136 Å². The SMILES string of the molecule is Cc1ccc(C[C@H](NC(=O)C2CCC(CN)CC2)C(=O)Nc2ccc(-c3nn[nH]n3)cc2)cc1-c1cccc(C(=O)NC2CCN(C(C)C)CC2)c1. The van der Waals surface area contributed by atoms with Gasteiger partial charge in [-0.1, -0.05) is 30.3 Å². The number of amides is 3. The van der Waals surface area contributed by atoms with E-state index in [1.54, 1.807) is 24.3 Å². The van der Waals surface area contributed by atoms with E-state index in [1.807, 2.05) is 43.3 Å². The van der Waals surface area contributed by atoms with E-state index in [0.29, 0.717) is 42.0 Å². The maximum atomic E-state index is 13.9. The molecule has 274 valence electrons. The van der Waals surface area contributed by atoms with Crippen molar-refractivity contribution in [2.75, 3.05) is 25.0 Å². The van der Waals surface area contributed by atoms with Crippen molar-refractivity contribution in [1.29, 1.82) is 0 Å². The van der Waals surface area contributed by atoms with Gasteiger partial charge in [0.1, 0.15) is 6.04 Å². The van der Waals surface area contributed by atoms with Crippen LogP contribution in [-0.4, -0.2) is 81.0 Å². The van der Waals surface area contributed by atoms with E-state index in [4.69, 9.17) is 5.73 Å². The number of aromatic amines is 1. The van der Waals surface area contributed by atoms with Crippen LogP contribution in [0.25, 0.3) is 22.5 Å². The molecule has 0 unspecified atom stereocenters. The van der Waals surface area contributed by atoms with E-state index < -0.39 is 6.04 Å². The van der Waals surface area contributed by atoms with Gasteiger partial charge in [0.15, 0.2) is 0 Å².